The van der Waals surface area contributed by atoms with E-state index >= 15 is 0 Å². The molecule has 0 saturated carbocycles. The minimum Gasteiger partial charge on any atom is -0.352 e. The van der Waals surface area contributed by atoms with E-state index in [0.29, 0.717) is 17.8 Å². The SMILES string of the molecule is Cc1ccc(CCCNC(=O)c2ccc(N(Cc3ccccc3C)S(C)(=O)=O)cc2)cc1. The van der Waals surface area contributed by atoms with E-state index in [4.69, 9.17) is 0 Å². The average molecular weight is 451 g/mol. The summed E-state index contributed by atoms with van der Waals surface area (Å²) in [6, 6.07) is 22.8. The summed E-state index contributed by atoms with van der Waals surface area (Å²) in [4.78, 5) is 12.5. The minimum atomic E-state index is -3.48. The molecule has 32 heavy (non-hydrogen) atoms. The lowest BCUT2D eigenvalue weighted by Crippen LogP contribution is -2.30. The molecule has 0 aromatic heterocycles. The number of nitrogens with one attached hydrogen (secondary N) is 1. The molecule has 0 atom stereocenters. The van der Waals surface area contributed by atoms with Crippen molar-refractivity contribution in [1.29, 1.82) is 0 Å². The molecule has 0 radical (unpaired) electrons. The Morgan fingerprint density at radius 3 is 2.19 bits per heavy atom. The fraction of sp³-hybridized carbons (Fsp3) is 0.269. The Labute approximate surface area is 191 Å². The number of rotatable bonds is 9. The van der Waals surface area contributed by atoms with Crippen molar-refractivity contribution in [2.24, 2.45) is 0 Å². The van der Waals surface area contributed by atoms with Gasteiger partial charge in [0.2, 0.25) is 10.0 Å². The van der Waals surface area contributed by atoms with Crippen molar-refractivity contribution in [3.05, 3.63) is 101 Å². The van der Waals surface area contributed by atoms with Crippen LogP contribution in [0, 0.1) is 13.8 Å². The van der Waals surface area contributed by atoms with Gasteiger partial charge in [-0.15, -0.1) is 0 Å². The fourth-order valence-electron chi connectivity index (χ4n) is 3.47. The third-order valence-electron chi connectivity index (χ3n) is 5.44. The number of carbonyl (C=O) groups is 1. The van der Waals surface area contributed by atoms with Gasteiger partial charge < -0.3 is 5.32 Å². The van der Waals surface area contributed by atoms with E-state index in [9.17, 15) is 13.2 Å². The summed E-state index contributed by atoms with van der Waals surface area (Å²) in [6.07, 6.45) is 2.95. The molecule has 0 heterocycles. The van der Waals surface area contributed by atoms with Crippen molar-refractivity contribution in [3.8, 4) is 0 Å². The van der Waals surface area contributed by atoms with Crippen molar-refractivity contribution in [2.45, 2.75) is 33.2 Å². The lowest BCUT2D eigenvalue weighted by molar-refractivity contribution is 0.0953. The van der Waals surface area contributed by atoms with Crippen molar-refractivity contribution < 1.29 is 13.2 Å². The first-order valence-electron chi connectivity index (χ1n) is 10.7. The molecule has 3 rings (SSSR count). The van der Waals surface area contributed by atoms with Gasteiger partial charge >= 0.3 is 0 Å². The van der Waals surface area contributed by atoms with E-state index in [1.807, 2.05) is 31.2 Å². The summed E-state index contributed by atoms with van der Waals surface area (Å²) >= 11 is 0. The van der Waals surface area contributed by atoms with E-state index in [0.717, 1.165) is 24.0 Å². The quantitative estimate of drug-likeness (QED) is 0.483. The molecule has 0 bridgehead atoms. The summed E-state index contributed by atoms with van der Waals surface area (Å²) < 4.78 is 26.2. The van der Waals surface area contributed by atoms with Crippen LogP contribution in [0.4, 0.5) is 5.69 Å². The lowest BCUT2D eigenvalue weighted by Gasteiger charge is -2.23. The molecule has 0 aliphatic carbocycles. The predicted octanol–water partition coefficient (Wildman–Crippen LogP) is 4.63. The highest BCUT2D eigenvalue weighted by Gasteiger charge is 2.19. The average Bonchev–Trinajstić information content (AvgIpc) is 2.76. The second-order valence-corrected chi connectivity index (χ2v) is 9.99. The first-order valence-corrected chi connectivity index (χ1v) is 12.5. The van der Waals surface area contributed by atoms with Gasteiger partial charge in [0.1, 0.15) is 0 Å². The highest BCUT2D eigenvalue weighted by molar-refractivity contribution is 7.92. The maximum absolute atomic E-state index is 12.5. The number of hydrogen-bond acceptors (Lipinski definition) is 3. The molecule has 0 aliphatic rings. The number of sulfonamides is 1. The van der Waals surface area contributed by atoms with Gasteiger partial charge in [-0.25, -0.2) is 8.42 Å². The maximum Gasteiger partial charge on any atom is 0.251 e. The van der Waals surface area contributed by atoms with Crippen LogP contribution in [0.1, 0.15) is 39.0 Å². The molecule has 0 saturated heterocycles. The largest absolute Gasteiger partial charge is 0.352 e. The van der Waals surface area contributed by atoms with Gasteiger partial charge in [0, 0.05) is 12.1 Å². The van der Waals surface area contributed by atoms with Gasteiger partial charge in [-0.2, -0.15) is 0 Å². The highest BCUT2D eigenvalue weighted by atomic mass is 32.2. The number of carbonyl (C=O) groups excluding carboxylic acids is 1. The normalized spacial score (nSPS) is 11.2. The lowest BCUT2D eigenvalue weighted by atomic mass is 10.1. The van der Waals surface area contributed by atoms with Crippen LogP contribution in [-0.4, -0.2) is 27.1 Å². The summed E-state index contributed by atoms with van der Waals surface area (Å²) in [5.41, 5.74) is 5.50. The van der Waals surface area contributed by atoms with Crippen LogP contribution in [0.5, 0.6) is 0 Å². The van der Waals surface area contributed by atoms with Crippen molar-refractivity contribution in [1.82, 2.24) is 5.32 Å². The van der Waals surface area contributed by atoms with Crippen LogP contribution in [0.25, 0.3) is 0 Å². The molecule has 0 unspecified atom stereocenters. The molecule has 1 amide bonds. The third kappa shape index (κ3) is 6.44. The second kappa shape index (κ2) is 10.5. The van der Waals surface area contributed by atoms with Crippen LogP contribution in [0.3, 0.4) is 0 Å². The fourth-order valence-corrected chi connectivity index (χ4v) is 4.35. The maximum atomic E-state index is 12.5. The summed E-state index contributed by atoms with van der Waals surface area (Å²) in [5, 5.41) is 2.94. The Hall–Kier alpha value is -3.12. The van der Waals surface area contributed by atoms with Gasteiger partial charge in [0.05, 0.1) is 18.5 Å². The van der Waals surface area contributed by atoms with Gasteiger partial charge in [-0.1, -0.05) is 54.1 Å². The minimum absolute atomic E-state index is 0.162. The zero-order valence-corrected chi connectivity index (χ0v) is 19.7. The summed E-state index contributed by atoms with van der Waals surface area (Å²) in [6.45, 7) is 4.85. The number of nitrogens with zero attached hydrogens (tertiary/aromatic N) is 1. The van der Waals surface area contributed by atoms with E-state index in [2.05, 4.69) is 36.5 Å². The Bertz CT molecular complexity index is 1150. The van der Waals surface area contributed by atoms with E-state index in [1.165, 1.54) is 21.7 Å². The summed E-state index contributed by atoms with van der Waals surface area (Å²) in [5.74, 6) is -0.162. The summed E-state index contributed by atoms with van der Waals surface area (Å²) in [7, 11) is -3.48. The predicted molar refractivity (Wildman–Crippen MR) is 130 cm³/mol. The van der Waals surface area contributed by atoms with Gasteiger partial charge in [0.15, 0.2) is 0 Å². The first-order chi connectivity index (χ1) is 15.2. The molecular formula is C26H30N2O3S. The van der Waals surface area contributed by atoms with Crippen LogP contribution in [0.2, 0.25) is 0 Å². The number of anilines is 1. The molecule has 0 aliphatic heterocycles. The van der Waals surface area contributed by atoms with Crippen LogP contribution in [0.15, 0.2) is 72.8 Å². The molecule has 5 nitrogen and oxygen atoms in total. The molecule has 6 heteroatoms. The topological polar surface area (TPSA) is 66.5 Å². The van der Waals surface area contributed by atoms with Crippen LogP contribution < -0.4 is 9.62 Å². The Kier molecular flexibility index (Phi) is 7.70. The zero-order valence-electron chi connectivity index (χ0n) is 18.8. The number of hydrogen-bond donors (Lipinski definition) is 1. The van der Waals surface area contributed by atoms with Crippen LogP contribution >= 0.6 is 0 Å². The first kappa shape index (κ1) is 23.5. The molecule has 3 aromatic carbocycles. The number of benzene rings is 3. The van der Waals surface area contributed by atoms with E-state index < -0.39 is 10.0 Å². The molecule has 0 fully saturated rings. The number of aryl methyl sites for hydroxylation is 3. The molecule has 1 N–H and O–H groups in total. The highest BCUT2D eigenvalue weighted by Crippen LogP contribution is 2.22. The van der Waals surface area contributed by atoms with Crippen molar-refractivity contribution >= 4 is 21.6 Å². The van der Waals surface area contributed by atoms with Gasteiger partial charge in [-0.05, 0) is 67.6 Å². The van der Waals surface area contributed by atoms with Crippen molar-refractivity contribution in [2.75, 3.05) is 17.1 Å². The zero-order chi connectivity index (χ0) is 23.1. The van der Waals surface area contributed by atoms with E-state index in [1.54, 1.807) is 24.3 Å². The Morgan fingerprint density at radius 1 is 0.906 bits per heavy atom. The Morgan fingerprint density at radius 2 is 1.56 bits per heavy atom. The van der Waals surface area contributed by atoms with Gasteiger partial charge in [0.25, 0.3) is 5.91 Å². The third-order valence-corrected chi connectivity index (χ3v) is 6.58. The molecule has 0 spiro atoms. The molecular weight excluding hydrogens is 420 g/mol. The van der Waals surface area contributed by atoms with Gasteiger partial charge in [-0.3, -0.25) is 9.10 Å². The van der Waals surface area contributed by atoms with E-state index in [-0.39, 0.29) is 12.5 Å². The molecule has 3 aromatic rings. The van der Waals surface area contributed by atoms with Crippen molar-refractivity contribution in [3.63, 3.8) is 0 Å². The van der Waals surface area contributed by atoms with Crippen LogP contribution in [-0.2, 0) is 23.0 Å². The monoisotopic (exact) mass is 450 g/mol. The smallest absolute Gasteiger partial charge is 0.251 e. The second-order valence-electron chi connectivity index (χ2n) is 8.09. The number of amides is 1. The Balaban J connectivity index is 1.61. The molecule has 168 valence electrons. The standard InChI is InChI=1S/C26H30N2O3S/c1-20-10-12-22(13-11-20)8-6-18-27-26(29)23-14-16-25(17-15-23)28(32(3,30)31)19-24-9-5-4-7-21(24)2/h4-5,7,9-17H,6,8,18-19H2,1-3H3,(H,27,29).